The Labute approximate surface area is 232 Å². The van der Waals surface area contributed by atoms with Gasteiger partial charge in [0.25, 0.3) is 11.8 Å². The highest BCUT2D eigenvalue weighted by Gasteiger charge is 2.16. The molecule has 2 amide bonds. The number of carbonyl (C=O) groups is 3. The van der Waals surface area contributed by atoms with Gasteiger partial charge in [-0.25, -0.2) is 4.39 Å². The van der Waals surface area contributed by atoms with Crippen LogP contribution in [-0.2, 0) is 4.79 Å². The second-order valence-corrected chi connectivity index (χ2v) is 10.1. The summed E-state index contributed by atoms with van der Waals surface area (Å²) < 4.78 is 15.2. The molecule has 0 saturated carbocycles. The van der Waals surface area contributed by atoms with Crippen LogP contribution in [0.25, 0.3) is 6.08 Å². The summed E-state index contributed by atoms with van der Waals surface area (Å²) in [5, 5.41) is 5.35. The fourth-order valence-electron chi connectivity index (χ4n) is 3.42. The molecule has 4 aromatic rings. The molecule has 0 atom stereocenters. The lowest BCUT2D eigenvalue weighted by molar-refractivity contribution is -0.113. The number of ketones is 1. The van der Waals surface area contributed by atoms with Gasteiger partial charge in [0.05, 0.1) is 5.75 Å². The zero-order valence-corrected chi connectivity index (χ0v) is 22.4. The SMILES string of the molecule is O=C(Nc1cccc(SCC(=O)c2ccc(Br)cc2)c1)/C(=C/c1ccccc1F)NC(=O)c1ccccc1. The molecule has 0 radical (unpaired) electrons. The second kappa shape index (κ2) is 13.0. The average Bonchev–Trinajstić information content (AvgIpc) is 2.93. The minimum absolute atomic E-state index is 0.0179. The first kappa shape index (κ1) is 27.0. The fraction of sp³-hybridized carbons (Fsp3) is 0.0333. The van der Waals surface area contributed by atoms with E-state index in [4.69, 9.17) is 0 Å². The van der Waals surface area contributed by atoms with Crippen LogP contribution in [0.15, 0.2) is 118 Å². The van der Waals surface area contributed by atoms with E-state index >= 15 is 0 Å². The highest BCUT2D eigenvalue weighted by Crippen LogP contribution is 2.24. The van der Waals surface area contributed by atoms with Crippen LogP contribution in [0.3, 0.4) is 0 Å². The van der Waals surface area contributed by atoms with Crippen molar-refractivity contribution in [2.24, 2.45) is 0 Å². The summed E-state index contributed by atoms with van der Waals surface area (Å²) in [7, 11) is 0. The van der Waals surface area contributed by atoms with Crippen molar-refractivity contribution in [3.63, 3.8) is 0 Å². The smallest absolute Gasteiger partial charge is 0.272 e. The molecule has 0 spiro atoms. The molecule has 0 bridgehead atoms. The molecule has 0 aliphatic rings. The van der Waals surface area contributed by atoms with Gasteiger partial charge in [0.15, 0.2) is 5.78 Å². The van der Waals surface area contributed by atoms with Gasteiger partial charge >= 0.3 is 0 Å². The average molecular weight is 589 g/mol. The fourth-order valence-corrected chi connectivity index (χ4v) is 4.53. The normalized spacial score (nSPS) is 11.1. The van der Waals surface area contributed by atoms with Crippen LogP contribution in [0.4, 0.5) is 10.1 Å². The maximum atomic E-state index is 14.3. The number of anilines is 1. The highest BCUT2D eigenvalue weighted by atomic mass is 79.9. The molecule has 0 aromatic heterocycles. The van der Waals surface area contributed by atoms with E-state index in [0.717, 1.165) is 9.37 Å². The Hall–Kier alpha value is -4.01. The summed E-state index contributed by atoms with van der Waals surface area (Å²) in [5.74, 6) is -1.44. The first-order chi connectivity index (χ1) is 18.4. The van der Waals surface area contributed by atoms with E-state index in [0.29, 0.717) is 16.8 Å². The number of Topliss-reactive ketones (excluding diaryl/α,β-unsaturated/α-hetero) is 1. The van der Waals surface area contributed by atoms with E-state index in [1.165, 1.54) is 30.0 Å². The van der Waals surface area contributed by atoms with Gasteiger partial charge in [-0.05, 0) is 54.6 Å². The Bertz CT molecular complexity index is 1490. The molecule has 4 rings (SSSR count). The molecule has 0 heterocycles. The number of benzene rings is 4. The summed E-state index contributed by atoms with van der Waals surface area (Å²) in [6.07, 6.45) is 1.29. The Morgan fingerprint density at radius 1 is 0.816 bits per heavy atom. The minimum Gasteiger partial charge on any atom is -0.321 e. The molecular weight excluding hydrogens is 567 g/mol. The lowest BCUT2D eigenvalue weighted by Gasteiger charge is -2.12. The molecule has 38 heavy (non-hydrogen) atoms. The molecule has 0 aliphatic carbocycles. The van der Waals surface area contributed by atoms with E-state index < -0.39 is 17.6 Å². The van der Waals surface area contributed by atoms with Crippen LogP contribution < -0.4 is 10.6 Å². The maximum Gasteiger partial charge on any atom is 0.272 e. The lowest BCUT2D eigenvalue weighted by Crippen LogP contribution is -2.30. The zero-order chi connectivity index (χ0) is 26.9. The van der Waals surface area contributed by atoms with E-state index in [1.54, 1.807) is 72.8 Å². The standard InChI is InChI=1S/C30H22BrFN2O3S/c31-23-15-13-20(14-16-23)28(35)19-38-25-11-6-10-24(18-25)33-30(37)27(17-22-9-4-5-12-26(22)32)34-29(36)21-7-2-1-3-8-21/h1-18H,19H2,(H,33,37)(H,34,36)/b27-17-. The third kappa shape index (κ3) is 7.50. The predicted molar refractivity (Wildman–Crippen MR) is 153 cm³/mol. The third-order valence-electron chi connectivity index (χ3n) is 5.36. The molecule has 8 heteroatoms. The van der Waals surface area contributed by atoms with Gasteiger partial charge < -0.3 is 10.6 Å². The Morgan fingerprint density at radius 3 is 2.26 bits per heavy atom. The highest BCUT2D eigenvalue weighted by molar-refractivity contribution is 9.10. The molecular formula is C30H22BrFN2O3S. The number of nitrogens with one attached hydrogen (secondary N) is 2. The summed E-state index contributed by atoms with van der Waals surface area (Å²) in [4.78, 5) is 39.3. The number of amides is 2. The van der Waals surface area contributed by atoms with Crippen LogP contribution in [0.2, 0.25) is 0 Å². The van der Waals surface area contributed by atoms with E-state index in [2.05, 4.69) is 26.6 Å². The van der Waals surface area contributed by atoms with E-state index in [9.17, 15) is 18.8 Å². The molecule has 5 nitrogen and oxygen atoms in total. The van der Waals surface area contributed by atoms with Crippen molar-refractivity contribution < 1.29 is 18.8 Å². The van der Waals surface area contributed by atoms with Gasteiger partial charge in [0.2, 0.25) is 0 Å². The van der Waals surface area contributed by atoms with Crippen LogP contribution in [-0.4, -0.2) is 23.4 Å². The summed E-state index contributed by atoms with van der Waals surface area (Å²) in [6.45, 7) is 0. The largest absolute Gasteiger partial charge is 0.321 e. The van der Waals surface area contributed by atoms with Crippen LogP contribution in [0, 0.1) is 5.82 Å². The molecule has 0 saturated heterocycles. The molecule has 190 valence electrons. The molecule has 0 aliphatic heterocycles. The van der Waals surface area contributed by atoms with Gasteiger partial charge in [0.1, 0.15) is 11.5 Å². The van der Waals surface area contributed by atoms with Crippen LogP contribution >= 0.6 is 27.7 Å². The van der Waals surface area contributed by atoms with Gasteiger partial charge in [-0.1, -0.05) is 70.5 Å². The molecule has 0 fully saturated rings. The summed E-state index contributed by atoms with van der Waals surface area (Å²) in [5.41, 5.74) is 1.47. The number of rotatable bonds is 9. The summed E-state index contributed by atoms with van der Waals surface area (Å²) >= 11 is 4.70. The predicted octanol–water partition coefficient (Wildman–Crippen LogP) is 6.97. The topological polar surface area (TPSA) is 75.3 Å². The van der Waals surface area contributed by atoms with Gasteiger partial charge in [-0.3, -0.25) is 14.4 Å². The van der Waals surface area contributed by atoms with Crippen molar-refractivity contribution in [1.82, 2.24) is 5.32 Å². The minimum atomic E-state index is -0.620. The number of thioether (sulfide) groups is 1. The Kier molecular flexibility index (Phi) is 9.24. The number of hydrogen-bond acceptors (Lipinski definition) is 4. The van der Waals surface area contributed by atoms with E-state index in [-0.39, 0.29) is 22.8 Å². The van der Waals surface area contributed by atoms with Crippen LogP contribution in [0.5, 0.6) is 0 Å². The van der Waals surface area contributed by atoms with Crippen molar-refractivity contribution in [2.75, 3.05) is 11.1 Å². The van der Waals surface area contributed by atoms with Crippen molar-refractivity contribution in [1.29, 1.82) is 0 Å². The van der Waals surface area contributed by atoms with Crippen molar-refractivity contribution in [3.05, 3.63) is 136 Å². The maximum absolute atomic E-state index is 14.3. The Balaban J connectivity index is 1.49. The van der Waals surface area contributed by atoms with E-state index in [1.807, 2.05) is 18.2 Å². The van der Waals surface area contributed by atoms with Gasteiger partial charge in [-0.2, -0.15) is 0 Å². The number of halogens is 2. The lowest BCUT2D eigenvalue weighted by atomic mass is 10.1. The van der Waals surface area contributed by atoms with Crippen molar-refractivity contribution in [3.8, 4) is 0 Å². The van der Waals surface area contributed by atoms with Crippen molar-refractivity contribution >= 4 is 57.1 Å². The first-order valence-corrected chi connectivity index (χ1v) is 13.3. The molecule has 2 N–H and O–H groups in total. The quantitative estimate of drug-likeness (QED) is 0.126. The summed E-state index contributed by atoms with van der Waals surface area (Å²) in [6, 6.07) is 28.6. The second-order valence-electron chi connectivity index (χ2n) is 8.10. The first-order valence-electron chi connectivity index (χ1n) is 11.5. The van der Waals surface area contributed by atoms with Crippen molar-refractivity contribution in [2.45, 2.75) is 4.90 Å². The molecule has 0 unspecified atom stereocenters. The molecule has 4 aromatic carbocycles. The zero-order valence-electron chi connectivity index (χ0n) is 20.0. The third-order valence-corrected chi connectivity index (χ3v) is 6.88. The van der Waals surface area contributed by atoms with Crippen LogP contribution in [0.1, 0.15) is 26.3 Å². The van der Waals surface area contributed by atoms with Gasteiger partial charge in [-0.15, -0.1) is 11.8 Å². The number of carbonyl (C=O) groups excluding carboxylic acids is 3. The monoisotopic (exact) mass is 588 g/mol. The Morgan fingerprint density at radius 2 is 1.53 bits per heavy atom. The van der Waals surface area contributed by atoms with Gasteiger partial charge in [0, 0.05) is 31.7 Å². The number of hydrogen-bond donors (Lipinski definition) is 2.